The van der Waals surface area contributed by atoms with Crippen molar-refractivity contribution in [1.29, 1.82) is 0 Å². The van der Waals surface area contributed by atoms with E-state index in [4.69, 9.17) is 39.8 Å². The van der Waals surface area contributed by atoms with Gasteiger partial charge in [-0.05, 0) is 72.6 Å². The molecule has 0 aliphatic carbocycles. The van der Waals surface area contributed by atoms with Crippen LogP contribution in [0, 0.1) is 261 Å². The predicted molar refractivity (Wildman–Crippen MR) is 469 cm³/mol. The van der Waals surface area contributed by atoms with Gasteiger partial charge >= 0.3 is 0 Å². The molecular weight excluding hydrogens is 2440 g/mol. The van der Waals surface area contributed by atoms with E-state index in [1.807, 2.05) is 176 Å². The third kappa shape index (κ3) is 36.5. The van der Waals surface area contributed by atoms with Gasteiger partial charge in [-0.2, -0.15) is 154 Å². The second-order valence-corrected chi connectivity index (χ2v) is 30.7. The molecule has 17 nitrogen and oxygen atoms in total. The van der Waals surface area contributed by atoms with Crippen molar-refractivity contribution < 1.29 is 367 Å². The van der Waals surface area contributed by atoms with Crippen LogP contribution in [0.2, 0.25) is 0 Å². The number of furan rings is 9. The summed E-state index contributed by atoms with van der Waals surface area (Å²) in [5.41, 5.74) is 25.6. The van der Waals surface area contributed by atoms with Crippen LogP contribution in [0.1, 0.15) is 111 Å². The molecule has 20 rings (SSSR count). The van der Waals surface area contributed by atoms with E-state index in [1.54, 1.807) is 77.3 Å². The van der Waals surface area contributed by atoms with E-state index < -0.39 is 0 Å². The van der Waals surface area contributed by atoms with Crippen molar-refractivity contribution in [1.82, 2.24) is 39.9 Å². The Morgan fingerprint density at radius 3 is 1.14 bits per heavy atom. The van der Waals surface area contributed by atoms with Crippen LogP contribution in [0.15, 0.2) is 162 Å². The van der Waals surface area contributed by atoms with Gasteiger partial charge < -0.3 is 102 Å². The third-order valence-corrected chi connectivity index (χ3v) is 22.1. The van der Waals surface area contributed by atoms with Crippen LogP contribution in [0.5, 0.6) is 0 Å². The van der Waals surface area contributed by atoms with Gasteiger partial charge in [0.25, 0.3) is 0 Å². The fraction of sp³-hybridized carbons (Fsp3) is 0.200. The maximum atomic E-state index is 5.48. The quantitative estimate of drug-likeness (QED) is 0.0606. The summed E-state index contributed by atoms with van der Waals surface area (Å²) in [5, 5.41) is 1.98. The van der Waals surface area contributed by atoms with Crippen LogP contribution in [0.3, 0.4) is 0 Å². The van der Waals surface area contributed by atoms with Crippen LogP contribution < -0.4 is 0 Å². The number of thiophene rings is 3. The van der Waals surface area contributed by atoms with Crippen LogP contribution in [-0.4, -0.2) is 39.9 Å². The zero-order valence-corrected chi connectivity index (χ0v) is 107. The smallest absolute Gasteiger partial charge is 0 e. The number of aromatic amines is 8. The maximum Gasteiger partial charge on any atom is 0 e. The molecule has 0 bridgehead atoms. The number of aryl methyl sites for hydroxylation is 16. The molecule has 20 aromatic rings. The monoisotopic (exact) mass is 2530 g/mol. The van der Waals surface area contributed by atoms with Crippen molar-refractivity contribution in [2.45, 2.75) is 138 Å². The van der Waals surface area contributed by atoms with E-state index in [9.17, 15) is 0 Å². The summed E-state index contributed by atoms with van der Waals surface area (Å²) < 4.78 is 46.9. The Kier molecular flexibility index (Phi) is 61.6. The molecule has 0 atom stereocenters. The molecule has 0 aromatic carbocycles. The van der Waals surface area contributed by atoms with E-state index in [0.717, 1.165) is 167 Å². The number of hydrogen-bond acceptors (Lipinski definition) is 12. The zero-order valence-electron chi connectivity index (χ0n) is 76.2. The average molecular weight is 2530 g/mol. The normalized spacial score (nSPS) is 9.69. The van der Waals surface area contributed by atoms with Crippen molar-refractivity contribution in [3.05, 3.63) is 356 Å². The molecule has 10 radical (unpaired) electrons. The van der Waals surface area contributed by atoms with Gasteiger partial charge in [0.05, 0.1) is 0 Å². The molecule has 650 valence electrons. The first-order chi connectivity index (χ1) is 57.8. The first-order valence-electron chi connectivity index (χ1n) is 38.0. The van der Waals surface area contributed by atoms with Crippen molar-refractivity contribution in [3.63, 3.8) is 0 Å². The van der Waals surface area contributed by atoms with Crippen molar-refractivity contribution in [2.24, 2.45) is 0 Å². The Balaban J connectivity index is 0.000000716. The predicted octanol–water partition coefficient (Wildman–Crippen LogP) is 26.8. The first-order valence-corrected chi connectivity index (χ1v) is 40.5. The average Bonchev–Trinajstić information content (AvgIpc) is 1.69. The number of hydrogen-bond donors (Lipinski definition) is 8. The van der Waals surface area contributed by atoms with Gasteiger partial charge in [-0.25, -0.2) is 95.6 Å². The Morgan fingerprint density at radius 1 is 0.292 bits per heavy atom. The molecule has 0 saturated heterocycles. The molecule has 8 N–H and O–H groups in total. The van der Waals surface area contributed by atoms with E-state index in [0.29, 0.717) is 17.3 Å². The van der Waals surface area contributed by atoms with E-state index in [-0.39, 0.29) is 327 Å². The Hall–Kier alpha value is -2.10. The summed E-state index contributed by atoms with van der Waals surface area (Å²) in [7, 11) is 0. The fourth-order valence-corrected chi connectivity index (χ4v) is 13.2. The molecule has 20 heterocycles. The van der Waals surface area contributed by atoms with Crippen molar-refractivity contribution >= 4 is 34.0 Å². The van der Waals surface area contributed by atoms with Crippen LogP contribution in [-0.2, 0) is 327 Å². The molecule has 0 unspecified atom stereocenters. The van der Waals surface area contributed by atoms with Crippen LogP contribution >= 0.6 is 34.0 Å². The summed E-state index contributed by atoms with van der Waals surface area (Å²) in [5.74, 6) is 8.71. The van der Waals surface area contributed by atoms with Crippen molar-refractivity contribution in [2.75, 3.05) is 0 Å². The largest absolute Gasteiger partial charge is 0.603 e. The number of rotatable bonds is 10. The molecule has 0 saturated carbocycles. The fourth-order valence-electron chi connectivity index (χ4n) is 10.8. The van der Waals surface area contributed by atoms with E-state index in [1.165, 1.54) is 37.7 Å². The molecule has 30 heteroatoms. The van der Waals surface area contributed by atoms with Gasteiger partial charge in [0.1, 0.15) is 0 Å². The van der Waals surface area contributed by atoms with Crippen molar-refractivity contribution in [3.8, 4) is 111 Å². The molecular formula is C100H88N8O9S3Y10-20. The molecule has 0 aliphatic rings. The van der Waals surface area contributed by atoms with Gasteiger partial charge in [-0.15, -0.1) is 105 Å². The molecule has 130 heavy (non-hydrogen) atoms. The minimum absolute atomic E-state index is 0. The first kappa shape index (κ1) is 126. The minimum atomic E-state index is 0. The molecule has 20 aromatic heterocycles. The summed E-state index contributed by atoms with van der Waals surface area (Å²) in [6, 6.07) is 61.7. The van der Waals surface area contributed by atoms with E-state index >= 15 is 0 Å². The number of aromatic nitrogens is 8. The Labute approximate surface area is 1030 Å². The summed E-state index contributed by atoms with van der Waals surface area (Å²) >= 11 is 5.06. The number of H-pyrrole nitrogens is 8. The SMILES string of the molecule is Cc1[c-]c(-c2[c-]cc[nH]2)[nH]c1C.Cc1[c-]c(-c2[c-]cc[nH]2)oc1C.Cc1[c-]c(-c2[c-]cc[nH]2)sc1C.Cc1[c-]c(-c2[c-]cco2)oc1C.Cc1[c-]c(-c2[c-]cco2)sc1C.Cc1[c-]c(-c2[c-]ccs2)oc1C.Cc1[nH][c-]c(-c2[c-][nH]cc2)c1C.Cc1[nH][c-]c(-c2[c-]cc[nH]2)c1C.Cc1o[c-]c(-c2[c-]cco2)c1C.Cc1o[c-]c(-c2[c-]occ2)c1C.[Y].[Y].[Y].[Y].[Y].[Y].[Y].[Y].[Y].[Y]. The van der Waals surface area contributed by atoms with Crippen LogP contribution in [0.25, 0.3) is 111 Å². The van der Waals surface area contributed by atoms with Gasteiger partial charge in [-0.3, -0.25) is 11.3 Å². The molecule has 0 amide bonds. The summed E-state index contributed by atoms with van der Waals surface area (Å²) in [4.78, 5) is 30.4. The van der Waals surface area contributed by atoms with Gasteiger partial charge in [0.15, 0.2) is 0 Å². The molecule has 0 spiro atoms. The van der Waals surface area contributed by atoms with Gasteiger partial charge in [-0.1, -0.05) is 179 Å². The second kappa shape index (κ2) is 63.6. The third-order valence-electron chi connectivity index (χ3n) is 19.0. The summed E-state index contributed by atoms with van der Waals surface area (Å²) in [6.45, 7) is 40.1. The Bertz CT molecular complexity index is 5290. The Morgan fingerprint density at radius 2 is 0.754 bits per heavy atom. The second-order valence-electron chi connectivity index (χ2n) is 27.3. The number of nitrogens with one attached hydrogen (secondary N) is 8. The zero-order chi connectivity index (χ0) is 85.5. The van der Waals surface area contributed by atoms with Crippen LogP contribution in [0.4, 0.5) is 0 Å². The standard InChI is InChI=1S/3C10H10N2.C10H9NO.C10H9NS.3C10H8O2.2C10H8OS.10Y/c1-7-8(2)12-6-10(7)9-3-4-11-5-9;1-7-8(2)12-6-9(7)10-4-3-5-11-10;3*1-7-6-10(12-8(7)2)9-4-3-5-11-9;1-7-8(2)12-6-10(7)9-3-4-11-5-9;1-7-8(2)12-6-9(7)10-4-3-5-11-10;1-7-6-10(12-8(7)2)9-4-3-5-11-9;1-7-6-9(11-8(7)2)10-4-3-5-12-10;1-7-6-10(12-8(7)2)9-4-3-5-11-9;;;;;;;;;;/h3-4,11-12H,1-2H3;2*3,5,11-12H,1-2H3;2*3,5,11H,1-2H3;3-4H,1-2H3;4*3,5H,1-2H3;;;;;;;;;;/q10*-2;;;;;;;;;;. The van der Waals surface area contributed by atoms with Gasteiger partial charge in [0.2, 0.25) is 0 Å². The van der Waals surface area contributed by atoms with E-state index in [2.05, 4.69) is 204 Å². The molecule has 0 aliphatic heterocycles. The summed E-state index contributed by atoms with van der Waals surface area (Å²) in [6.07, 6.45) is 33.2. The maximum absolute atomic E-state index is 5.48. The minimum Gasteiger partial charge on any atom is -0.603 e. The van der Waals surface area contributed by atoms with Gasteiger partial charge in [0, 0.05) is 327 Å². The topological polar surface area (TPSA) is 245 Å². The molecule has 0 fully saturated rings.